The Balaban J connectivity index is 1.81. The van der Waals surface area contributed by atoms with Crippen molar-refractivity contribution in [2.24, 2.45) is 0 Å². The van der Waals surface area contributed by atoms with Crippen LogP contribution in [0.25, 0.3) is 0 Å². The summed E-state index contributed by atoms with van der Waals surface area (Å²) in [5, 5.41) is 5.31. The maximum Gasteiger partial charge on any atom is 0.223 e. The van der Waals surface area contributed by atoms with E-state index in [9.17, 15) is 9.59 Å². The number of thiazole rings is 1. The van der Waals surface area contributed by atoms with E-state index in [1.807, 2.05) is 29.6 Å². The van der Waals surface area contributed by atoms with Crippen molar-refractivity contribution in [1.82, 2.24) is 4.98 Å². The van der Waals surface area contributed by atoms with Gasteiger partial charge >= 0.3 is 0 Å². The van der Waals surface area contributed by atoms with Crippen molar-refractivity contribution in [3.8, 4) is 0 Å². The molecule has 0 spiro atoms. The summed E-state index contributed by atoms with van der Waals surface area (Å²) in [4.78, 5) is 25.8. The summed E-state index contributed by atoms with van der Waals surface area (Å²) in [5.74, 6) is -0.0961. The number of nitrogens with one attached hydrogen (secondary N) is 1. The van der Waals surface area contributed by atoms with E-state index in [-0.39, 0.29) is 5.91 Å². The predicted octanol–water partition coefficient (Wildman–Crippen LogP) is 3.09. The van der Waals surface area contributed by atoms with Crippen molar-refractivity contribution in [1.29, 1.82) is 0 Å². The molecule has 0 saturated heterocycles. The fourth-order valence-electron chi connectivity index (χ4n) is 1.87. The van der Waals surface area contributed by atoms with Gasteiger partial charge in [0.2, 0.25) is 5.91 Å². The van der Waals surface area contributed by atoms with E-state index in [0.717, 1.165) is 31.2 Å². The van der Waals surface area contributed by atoms with Crippen LogP contribution in [-0.4, -0.2) is 17.2 Å². The number of benzene rings is 1. The summed E-state index contributed by atoms with van der Waals surface area (Å²) in [6.07, 6.45) is 3.67. The molecule has 1 N–H and O–H groups in total. The number of aryl methyl sites for hydroxylation is 2. The maximum absolute atomic E-state index is 10.9. The van der Waals surface area contributed by atoms with Crippen molar-refractivity contribution in [2.45, 2.75) is 26.2 Å². The Labute approximate surface area is 121 Å². The largest absolute Gasteiger partial charge is 0.302 e. The summed E-state index contributed by atoms with van der Waals surface area (Å²) in [7, 11) is 0. The molecule has 0 atom stereocenters. The van der Waals surface area contributed by atoms with Crippen LogP contribution >= 0.6 is 11.3 Å². The zero-order chi connectivity index (χ0) is 14.4. The Kier molecular flexibility index (Phi) is 5.01. The van der Waals surface area contributed by atoms with Crippen LogP contribution in [0, 0.1) is 0 Å². The van der Waals surface area contributed by atoms with Crippen LogP contribution in [0.5, 0.6) is 0 Å². The minimum Gasteiger partial charge on any atom is -0.302 e. The molecule has 5 heteroatoms. The molecule has 0 aliphatic carbocycles. The van der Waals surface area contributed by atoms with Crippen molar-refractivity contribution < 1.29 is 9.59 Å². The maximum atomic E-state index is 10.9. The Hall–Kier alpha value is -2.01. The average molecular weight is 288 g/mol. The van der Waals surface area contributed by atoms with Crippen LogP contribution in [0.15, 0.2) is 29.6 Å². The van der Waals surface area contributed by atoms with Crippen LogP contribution in [0.1, 0.15) is 35.0 Å². The molecule has 0 bridgehead atoms. The number of aromatic nitrogens is 1. The van der Waals surface area contributed by atoms with Crippen LogP contribution in [0.2, 0.25) is 0 Å². The lowest BCUT2D eigenvalue weighted by Gasteiger charge is -2.00. The molecule has 104 valence electrons. The average Bonchev–Trinajstić information content (AvgIpc) is 2.86. The van der Waals surface area contributed by atoms with Crippen molar-refractivity contribution in [2.75, 3.05) is 5.32 Å². The second kappa shape index (κ2) is 6.96. The number of rotatable bonds is 6. The lowest BCUT2D eigenvalue weighted by molar-refractivity contribution is -0.114. The van der Waals surface area contributed by atoms with Crippen LogP contribution in [0.3, 0.4) is 0 Å². The minimum absolute atomic E-state index is 0.0961. The van der Waals surface area contributed by atoms with E-state index >= 15 is 0 Å². The standard InChI is InChI=1S/C15H16N2O2S/c1-11(19)16-15-17-14(10-20-15)4-2-3-12-5-7-13(9-18)8-6-12/h5-10H,2-4H2,1H3,(H,16,17,19). The smallest absolute Gasteiger partial charge is 0.223 e. The Morgan fingerprint density at radius 3 is 2.70 bits per heavy atom. The minimum atomic E-state index is -0.0961. The number of aldehydes is 1. The molecular weight excluding hydrogens is 272 g/mol. The summed E-state index contributed by atoms with van der Waals surface area (Å²) in [5.41, 5.74) is 2.92. The van der Waals surface area contributed by atoms with Gasteiger partial charge in [-0.2, -0.15) is 0 Å². The number of carbonyl (C=O) groups excluding carboxylic acids is 2. The summed E-state index contributed by atoms with van der Waals surface area (Å²) < 4.78 is 0. The van der Waals surface area contributed by atoms with E-state index in [1.165, 1.54) is 23.8 Å². The second-order valence-corrected chi connectivity index (χ2v) is 5.40. The third-order valence-corrected chi connectivity index (χ3v) is 3.66. The first-order valence-electron chi connectivity index (χ1n) is 6.43. The molecule has 0 aliphatic heterocycles. The van der Waals surface area contributed by atoms with Gasteiger partial charge in [-0.15, -0.1) is 11.3 Å². The topological polar surface area (TPSA) is 59.1 Å². The highest BCUT2D eigenvalue weighted by molar-refractivity contribution is 7.13. The molecule has 1 heterocycles. The normalized spacial score (nSPS) is 10.2. The molecule has 1 aromatic heterocycles. The Bertz CT molecular complexity index is 590. The van der Waals surface area contributed by atoms with Gasteiger partial charge < -0.3 is 5.32 Å². The number of hydrogen-bond donors (Lipinski definition) is 1. The SMILES string of the molecule is CC(=O)Nc1nc(CCCc2ccc(C=O)cc2)cs1. The van der Waals surface area contributed by atoms with Gasteiger partial charge in [0.25, 0.3) is 0 Å². The molecule has 2 aromatic rings. The fraction of sp³-hybridized carbons (Fsp3) is 0.267. The summed E-state index contributed by atoms with van der Waals surface area (Å²) >= 11 is 1.45. The molecule has 1 aromatic carbocycles. The van der Waals surface area contributed by atoms with Gasteiger partial charge in [-0.05, 0) is 24.8 Å². The Morgan fingerprint density at radius 1 is 1.30 bits per heavy atom. The number of hydrogen-bond acceptors (Lipinski definition) is 4. The predicted molar refractivity (Wildman–Crippen MR) is 80.3 cm³/mol. The summed E-state index contributed by atoms with van der Waals surface area (Å²) in [6.45, 7) is 1.48. The molecule has 0 fully saturated rings. The molecule has 2 rings (SSSR count). The highest BCUT2D eigenvalue weighted by atomic mass is 32.1. The fourth-order valence-corrected chi connectivity index (χ4v) is 2.66. The molecular formula is C15H16N2O2S. The molecule has 0 saturated carbocycles. The van der Waals surface area contributed by atoms with Crippen LogP contribution in [0.4, 0.5) is 5.13 Å². The first-order valence-corrected chi connectivity index (χ1v) is 7.31. The monoisotopic (exact) mass is 288 g/mol. The molecule has 0 aliphatic rings. The van der Waals surface area contributed by atoms with E-state index in [1.54, 1.807) is 0 Å². The van der Waals surface area contributed by atoms with E-state index in [0.29, 0.717) is 10.7 Å². The van der Waals surface area contributed by atoms with Gasteiger partial charge in [0.05, 0.1) is 5.69 Å². The van der Waals surface area contributed by atoms with Crippen molar-refractivity contribution in [3.05, 3.63) is 46.5 Å². The van der Waals surface area contributed by atoms with Crippen molar-refractivity contribution in [3.63, 3.8) is 0 Å². The van der Waals surface area contributed by atoms with Gasteiger partial charge in [-0.25, -0.2) is 4.98 Å². The summed E-state index contributed by atoms with van der Waals surface area (Å²) in [6, 6.07) is 7.63. The van der Waals surface area contributed by atoms with E-state index in [4.69, 9.17) is 0 Å². The highest BCUT2D eigenvalue weighted by Crippen LogP contribution is 2.17. The van der Waals surface area contributed by atoms with Crippen LogP contribution in [-0.2, 0) is 17.6 Å². The number of carbonyl (C=O) groups is 2. The third kappa shape index (κ3) is 4.28. The van der Waals surface area contributed by atoms with Gasteiger partial charge in [0.1, 0.15) is 6.29 Å². The van der Waals surface area contributed by atoms with E-state index < -0.39 is 0 Å². The quantitative estimate of drug-likeness (QED) is 0.831. The number of anilines is 1. The van der Waals surface area contributed by atoms with Gasteiger partial charge in [0.15, 0.2) is 5.13 Å². The highest BCUT2D eigenvalue weighted by Gasteiger charge is 2.03. The second-order valence-electron chi connectivity index (χ2n) is 4.54. The van der Waals surface area contributed by atoms with Gasteiger partial charge in [-0.3, -0.25) is 9.59 Å². The number of amides is 1. The molecule has 0 unspecified atom stereocenters. The van der Waals surface area contributed by atoms with E-state index in [2.05, 4.69) is 10.3 Å². The van der Waals surface area contributed by atoms with Crippen molar-refractivity contribution >= 4 is 28.7 Å². The Morgan fingerprint density at radius 2 is 2.05 bits per heavy atom. The van der Waals surface area contributed by atoms with Gasteiger partial charge in [0, 0.05) is 17.9 Å². The lowest BCUT2D eigenvalue weighted by atomic mass is 10.1. The zero-order valence-electron chi connectivity index (χ0n) is 11.3. The number of nitrogens with zero attached hydrogens (tertiary/aromatic N) is 1. The molecule has 0 radical (unpaired) electrons. The first-order chi connectivity index (χ1) is 9.67. The molecule has 1 amide bonds. The van der Waals surface area contributed by atoms with Crippen LogP contribution < -0.4 is 5.32 Å². The molecule has 20 heavy (non-hydrogen) atoms. The third-order valence-electron chi connectivity index (χ3n) is 2.85. The molecule has 4 nitrogen and oxygen atoms in total. The zero-order valence-corrected chi connectivity index (χ0v) is 12.1. The lowest BCUT2D eigenvalue weighted by Crippen LogP contribution is -2.05. The van der Waals surface area contributed by atoms with Gasteiger partial charge in [-0.1, -0.05) is 24.3 Å². The first kappa shape index (κ1) is 14.4.